The van der Waals surface area contributed by atoms with Gasteiger partial charge in [0.2, 0.25) is 0 Å². The average Bonchev–Trinajstić information content (AvgIpc) is 2.38. The summed E-state index contributed by atoms with van der Waals surface area (Å²) in [5, 5.41) is 9.66. The minimum Gasteiger partial charge on any atom is -0.286 e. The Labute approximate surface area is 109 Å². The molecule has 0 aliphatic heterocycles. The predicted octanol–water partition coefficient (Wildman–Crippen LogP) is 3.66. The van der Waals surface area contributed by atoms with Gasteiger partial charge in [-0.05, 0) is 30.5 Å². The van der Waals surface area contributed by atoms with Crippen LogP contribution in [0.15, 0.2) is 24.3 Å². The standard InChI is InChI=1S/C15H23NO2/c1-3-4-5-6-7-8-13-9-11-14(12-10-13)15(17)16(2)18/h9-12,18H,3-8H2,1-2H3. The van der Waals surface area contributed by atoms with Gasteiger partial charge in [0.15, 0.2) is 0 Å². The normalized spacial score (nSPS) is 10.4. The molecule has 1 rings (SSSR count). The van der Waals surface area contributed by atoms with Crippen molar-refractivity contribution in [2.75, 3.05) is 7.05 Å². The molecule has 18 heavy (non-hydrogen) atoms. The minimum absolute atomic E-state index is 0.371. The first-order valence-corrected chi connectivity index (χ1v) is 6.71. The van der Waals surface area contributed by atoms with Gasteiger partial charge in [-0.1, -0.05) is 44.7 Å². The Bertz CT molecular complexity index is 357. The summed E-state index contributed by atoms with van der Waals surface area (Å²) < 4.78 is 0. The van der Waals surface area contributed by atoms with Crippen LogP contribution in [0, 0.1) is 0 Å². The smallest absolute Gasteiger partial charge is 0.276 e. The number of carbonyl (C=O) groups is 1. The van der Waals surface area contributed by atoms with Crippen LogP contribution in [0.3, 0.4) is 0 Å². The molecule has 0 saturated carbocycles. The van der Waals surface area contributed by atoms with Crippen LogP contribution in [-0.4, -0.2) is 23.2 Å². The Balaban J connectivity index is 2.38. The average molecular weight is 249 g/mol. The van der Waals surface area contributed by atoms with Gasteiger partial charge >= 0.3 is 0 Å². The first-order valence-electron chi connectivity index (χ1n) is 6.71. The fourth-order valence-electron chi connectivity index (χ4n) is 1.93. The van der Waals surface area contributed by atoms with E-state index in [0.29, 0.717) is 10.6 Å². The number of benzene rings is 1. The molecule has 3 heteroatoms. The van der Waals surface area contributed by atoms with Crippen molar-refractivity contribution in [1.29, 1.82) is 0 Å². The highest BCUT2D eigenvalue weighted by molar-refractivity contribution is 5.93. The third kappa shape index (κ3) is 4.88. The van der Waals surface area contributed by atoms with Crippen LogP contribution in [0.2, 0.25) is 0 Å². The lowest BCUT2D eigenvalue weighted by molar-refractivity contribution is -0.0374. The van der Waals surface area contributed by atoms with Gasteiger partial charge in [0, 0.05) is 12.6 Å². The number of hydrogen-bond donors (Lipinski definition) is 1. The number of hydroxylamine groups is 2. The SMILES string of the molecule is CCCCCCCc1ccc(C(=O)N(C)O)cc1. The van der Waals surface area contributed by atoms with Crippen LogP contribution in [0.1, 0.15) is 54.9 Å². The molecule has 0 atom stereocenters. The summed E-state index contributed by atoms with van der Waals surface area (Å²) in [5.41, 5.74) is 1.78. The van der Waals surface area contributed by atoms with E-state index in [9.17, 15) is 4.79 Å². The summed E-state index contributed by atoms with van der Waals surface area (Å²) in [6.07, 6.45) is 7.43. The molecule has 1 amide bonds. The third-order valence-electron chi connectivity index (χ3n) is 3.06. The Hall–Kier alpha value is -1.35. The van der Waals surface area contributed by atoms with Crippen molar-refractivity contribution < 1.29 is 10.0 Å². The zero-order valence-corrected chi connectivity index (χ0v) is 11.4. The number of hydrogen-bond acceptors (Lipinski definition) is 2. The van der Waals surface area contributed by atoms with E-state index in [1.54, 1.807) is 12.1 Å². The van der Waals surface area contributed by atoms with Crippen LogP contribution < -0.4 is 0 Å². The molecular weight excluding hydrogens is 226 g/mol. The predicted molar refractivity (Wildman–Crippen MR) is 72.8 cm³/mol. The van der Waals surface area contributed by atoms with E-state index in [4.69, 9.17) is 5.21 Å². The molecule has 0 bridgehead atoms. The summed E-state index contributed by atoms with van der Waals surface area (Å²) in [6.45, 7) is 2.22. The van der Waals surface area contributed by atoms with Crippen molar-refractivity contribution in [1.82, 2.24) is 5.06 Å². The molecular formula is C15H23NO2. The number of nitrogens with zero attached hydrogens (tertiary/aromatic N) is 1. The fraction of sp³-hybridized carbons (Fsp3) is 0.533. The number of aryl methyl sites for hydroxylation is 1. The zero-order chi connectivity index (χ0) is 13.4. The second-order valence-corrected chi connectivity index (χ2v) is 4.69. The molecule has 0 fully saturated rings. The largest absolute Gasteiger partial charge is 0.286 e. The zero-order valence-electron chi connectivity index (χ0n) is 11.4. The molecule has 0 radical (unpaired) electrons. The summed E-state index contributed by atoms with van der Waals surface area (Å²) >= 11 is 0. The lowest BCUT2D eigenvalue weighted by Crippen LogP contribution is -2.22. The van der Waals surface area contributed by atoms with Gasteiger partial charge in [-0.3, -0.25) is 10.0 Å². The number of carbonyl (C=O) groups excluding carboxylic acids is 1. The van der Waals surface area contributed by atoms with Crippen LogP contribution in [0.4, 0.5) is 0 Å². The minimum atomic E-state index is -0.371. The number of amides is 1. The summed E-state index contributed by atoms with van der Waals surface area (Å²) in [4.78, 5) is 11.5. The van der Waals surface area contributed by atoms with E-state index in [1.165, 1.54) is 44.7 Å². The van der Waals surface area contributed by atoms with Crippen molar-refractivity contribution in [3.63, 3.8) is 0 Å². The molecule has 0 spiro atoms. The van der Waals surface area contributed by atoms with Crippen LogP contribution >= 0.6 is 0 Å². The topological polar surface area (TPSA) is 40.5 Å². The van der Waals surface area contributed by atoms with Crippen LogP contribution in [0.25, 0.3) is 0 Å². The maximum Gasteiger partial charge on any atom is 0.276 e. The lowest BCUT2D eigenvalue weighted by Gasteiger charge is -2.08. The molecule has 0 unspecified atom stereocenters. The highest BCUT2D eigenvalue weighted by Crippen LogP contribution is 2.11. The summed E-state index contributed by atoms with van der Waals surface area (Å²) in [6, 6.07) is 7.49. The van der Waals surface area contributed by atoms with Gasteiger partial charge < -0.3 is 0 Å². The van der Waals surface area contributed by atoms with Crippen LogP contribution in [0.5, 0.6) is 0 Å². The first-order chi connectivity index (χ1) is 8.65. The van der Waals surface area contributed by atoms with Crippen molar-refractivity contribution in [2.45, 2.75) is 45.4 Å². The van der Waals surface area contributed by atoms with Gasteiger partial charge in [0.05, 0.1) is 0 Å². The maximum atomic E-state index is 11.5. The molecule has 0 aliphatic rings. The van der Waals surface area contributed by atoms with E-state index in [0.717, 1.165) is 6.42 Å². The maximum absolute atomic E-state index is 11.5. The van der Waals surface area contributed by atoms with Gasteiger partial charge in [0.1, 0.15) is 0 Å². The quantitative estimate of drug-likeness (QED) is 0.455. The van der Waals surface area contributed by atoms with Gasteiger partial charge in [-0.2, -0.15) is 0 Å². The van der Waals surface area contributed by atoms with Crippen molar-refractivity contribution >= 4 is 5.91 Å². The highest BCUT2D eigenvalue weighted by atomic mass is 16.5. The molecule has 1 N–H and O–H groups in total. The molecule has 1 aromatic rings. The van der Waals surface area contributed by atoms with Crippen molar-refractivity contribution in [2.24, 2.45) is 0 Å². The van der Waals surface area contributed by atoms with E-state index < -0.39 is 0 Å². The first kappa shape index (κ1) is 14.7. The molecule has 0 aliphatic carbocycles. The third-order valence-corrected chi connectivity index (χ3v) is 3.06. The van der Waals surface area contributed by atoms with Crippen molar-refractivity contribution in [3.05, 3.63) is 35.4 Å². The Morgan fingerprint density at radius 2 is 1.72 bits per heavy atom. The monoisotopic (exact) mass is 249 g/mol. The molecule has 0 aromatic heterocycles. The molecule has 3 nitrogen and oxygen atoms in total. The molecule has 1 aromatic carbocycles. The van der Waals surface area contributed by atoms with Gasteiger partial charge in [0.25, 0.3) is 5.91 Å². The van der Waals surface area contributed by atoms with E-state index in [-0.39, 0.29) is 5.91 Å². The van der Waals surface area contributed by atoms with Gasteiger partial charge in [-0.15, -0.1) is 0 Å². The summed E-state index contributed by atoms with van der Waals surface area (Å²) in [7, 11) is 1.34. The summed E-state index contributed by atoms with van der Waals surface area (Å²) in [5.74, 6) is -0.371. The van der Waals surface area contributed by atoms with E-state index in [2.05, 4.69) is 6.92 Å². The molecule has 0 saturated heterocycles. The fourth-order valence-corrected chi connectivity index (χ4v) is 1.93. The van der Waals surface area contributed by atoms with Gasteiger partial charge in [-0.25, -0.2) is 5.06 Å². The molecule has 100 valence electrons. The highest BCUT2D eigenvalue weighted by Gasteiger charge is 2.08. The van der Waals surface area contributed by atoms with E-state index in [1.807, 2.05) is 12.1 Å². The molecule has 0 heterocycles. The second-order valence-electron chi connectivity index (χ2n) is 4.69. The Morgan fingerprint density at radius 1 is 1.11 bits per heavy atom. The van der Waals surface area contributed by atoms with Crippen LogP contribution in [-0.2, 0) is 6.42 Å². The Morgan fingerprint density at radius 3 is 2.28 bits per heavy atom. The number of unbranched alkanes of at least 4 members (excludes halogenated alkanes) is 4. The Kier molecular flexibility index (Phi) is 6.44. The van der Waals surface area contributed by atoms with E-state index >= 15 is 0 Å². The lowest BCUT2D eigenvalue weighted by atomic mass is 10.0. The number of rotatable bonds is 7. The van der Waals surface area contributed by atoms with Crippen molar-refractivity contribution in [3.8, 4) is 0 Å². The second kappa shape index (κ2) is 7.88.